The van der Waals surface area contributed by atoms with Gasteiger partial charge in [-0.2, -0.15) is 9.67 Å². The number of benzene rings is 1. The fraction of sp³-hybridized carbons (Fsp3) is 0.185. The van der Waals surface area contributed by atoms with Crippen molar-refractivity contribution >= 4 is 34.2 Å². The lowest BCUT2D eigenvalue weighted by Gasteiger charge is -2.15. The lowest BCUT2D eigenvalue weighted by molar-refractivity contribution is -0.118. The number of carbonyl (C=O) groups excluding carboxylic acids is 1. The van der Waals surface area contributed by atoms with Gasteiger partial charge in [-0.3, -0.25) is 4.79 Å². The van der Waals surface area contributed by atoms with Gasteiger partial charge in [-0.1, -0.05) is 19.1 Å². The third-order valence-electron chi connectivity index (χ3n) is 6.39. The van der Waals surface area contributed by atoms with E-state index in [0.717, 1.165) is 16.9 Å². The van der Waals surface area contributed by atoms with Gasteiger partial charge in [0.25, 0.3) is 0 Å². The number of methoxy groups -OCH3 is 1. The number of anilines is 2. The van der Waals surface area contributed by atoms with Crippen molar-refractivity contribution in [1.82, 2.24) is 34.3 Å². The van der Waals surface area contributed by atoms with Crippen LogP contribution in [0.2, 0.25) is 0 Å². The minimum Gasteiger partial charge on any atom is -0.494 e. The van der Waals surface area contributed by atoms with Gasteiger partial charge in [0, 0.05) is 35.6 Å². The van der Waals surface area contributed by atoms with Gasteiger partial charge in [0.15, 0.2) is 11.6 Å². The zero-order valence-corrected chi connectivity index (χ0v) is 21.7. The number of hydrogen-bond donors (Lipinski definition) is 2. The summed E-state index contributed by atoms with van der Waals surface area (Å²) in [4.78, 5) is 26.1. The molecule has 3 N–H and O–H groups in total. The molecule has 0 bridgehead atoms. The number of ether oxygens (including phenoxy) is 1. The van der Waals surface area contributed by atoms with Gasteiger partial charge in [0.1, 0.15) is 22.6 Å². The van der Waals surface area contributed by atoms with E-state index < -0.39 is 0 Å². The van der Waals surface area contributed by atoms with Crippen molar-refractivity contribution in [3.63, 3.8) is 0 Å². The molecule has 12 heteroatoms. The van der Waals surface area contributed by atoms with Gasteiger partial charge >= 0.3 is 0 Å². The molecule has 0 radical (unpaired) electrons. The highest BCUT2D eigenvalue weighted by molar-refractivity contribution is 5.97. The maximum Gasteiger partial charge on any atom is 0.227 e. The van der Waals surface area contributed by atoms with E-state index >= 15 is 0 Å². The molecule has 5 aromatic heterocycles. The summed E-state index contributed by atoms with van der Waals surface area (Å²) in [7, 11) is 1.53. The van der Waals surface area contributed by atoms with Crippen LogP contribution in [0, 0.1) is 12.8 Å². The molecular weight excluding hydrogens is 498 g/mol. The van der Waals surface area contributed by atoms with Gasteiger partial charge in [0.05, 0.1) is 30.1 Å². The number of hydrogen-bond acceptors (Lipinski definition) is 9. The van der Waals surface area contributed by atoms with Crippen LogP contribution in [0.4, 0.5) is 11.6 Å². The van der Waals surface area contributed by atoms with E-state index in [4.69, 9.17) is 14.9 Å². The number of nitrogens with zero attached hydrogens (tertiary/aromatic N) is 7. The molecule has 12 nitrogen and oxygen atoms in total. The fourth-order valence-electron chi connectivity index (χ4n) is 4.38. The summed E-state index contributed by atoms with van der Waals surface area (Å²) in [5.41, 5.74) is 11.5. The highest BCUT2D eigenvalue weighted by Gasteiger charge is 2.24. The minimum atomic E-state index is -0.223. The molecule has 0 aliphatic heterocycles. The number of imidazole rings is 1. The SMILES string of the molecule is COc1cc2nnn(-c3nc(N)nc(-c4ccco4)c3-c3ccc4ncc(C)n4c3)c2cc1NC(=O)C(C)C. The quantitative estimate of drug-likeness (QED) is 0.326. The van der Waals surface area contributed by atoms with Crippen LogP contribution in [0.15, 0.2) is 59.5 Å². The minimum absolute atomic E-state index is 0.0329. The molecule has 0 saturated carbocycles. The van der Waals surface area contributed by atoms with Crippen molar-refractivity contribution in [2.75, 3.05) is 18.2 Å². The van der Waals surface area contributed by atoms with E-state index in [2.05, 4.69) is 30.6 Å². The van der Waals surface area contributed by atoms with Crippen molar-refractivity contribution < 1.29 is 13.9 Å². The Bertz CT molecular complexity index is 1850. The predicted molar refractivity (Wildman–Crippen MR) is 146 cm³/mol. The zero-order valence-electron chi connectivity index (χ0n) is 21.7. The molecule has 5 heterocycles. The summed E-state index contributed by atoms with van der Waals surface area (Å²) in [5.74, 6) is 1.02. The second-order valence-electron chi connectivity index (χ2n) is 9.34. The van der Waals surface area contributed by atoms with E-state index in [9.17, 15) is 4.79 Å². The molecule has 0 aliphatic rings. The van der Waals surface area contributed by atoms with E-state index in [1.54, 1.807) is 41.4 Å². The summed E-state index contributed by atoms with van der Waals surface area (Å²) < 4.78 is 14.8. The highest BCUT2D eigenvalue weighted by atomic mass is 16.5. The Hall–Kier alpha value is -5.26. The van der Waals surface area contributed by atoms with E-state index in [1.165, 1.54) is 7.11 Å². The Labute approximate surface area is 222 Å². The Morgan fingerprint density at radius 2 is 2.03 bits per heavy atom. The van der Waals surface area contributed by atoms with Crippen LogP contribution in [-0.2, 0) is 4.79 Å². The highest BCUT2D eigenvalue weighted by Crippen LogP contribution is 2.38. The smallest absolute Gasteiger partial charge is 0.227 e. The van der Waals surface area contributed by atoms with E-state index in [-0.39, 0.29) is 17.8 Å². The standard InChI is InChI=1S/C27H25N9O3/c1-14(2)26(37)30-18-10-19-17(11-21(18)38-4)33-34-36(19)25-23(16-7-8-22-29-12-15(3)35(22)13-16)24(31-27(28)32-25)20-6-5-9-39-20/h5-14H,1-4H3,(H,30,37)(H2,28,31,32). The van der Waals surface area contributed by atoms with Gasteiger partial charge in [-0.05, 0) is 37.3 Å². The van der Waals surface area contributed by atoms with Gasteiger partial charge < -0.3 is 24.6 Å². The van der Waals surface area contributed by atoms with Gasteiger partial charge in [-0.15, -0.1) is 5.10 Å². The van der Waals surface area contributed by atoms with Crippen molar-refractivity contribution in [2.45, 2.75) is 20.8 Å². The Morgan fingerprint density at radius 3 is 2.77 bits per heavy atom. The maximum absolute atomic E-state index is 12.5. The number of carbonyl (C=O) groups is 1. The van der Waals surface area contributed by atoms with Gasteiger partial charge in [0.2, 0.25) is 11.9 Å². The number of furan rings is 1. The van der Waals surface area contributed by atoms with Crippen LogP contribution < -0.4 is 15.8 Å². The van der Waals surface area contributed by atoms with E-state index in [0.29, 0.717) is 45.3 Å². The first kappa shape index (κ1) is 24.1. The monoisotopic (exact) mass is 523 g/mol. The molecule has 196 valence electrons. The molecule has 6 aromatic rings. The Morgan fingerprint density at radius 1 is 1.18 bits per heavy atom. The molecule has 1 aromatic carbocycles. The Balaban J connectivity index is 1.63. The number of amides is 1. The first-order chi connectivity index (χ1) is 18.8. The molecule has 39 heavy (non-hydrogen) atoms. The number of pyridine rings is 1. The number of nitrogens with one attached hydrogen (secondary N) is 1. The van der Waals surface area contributed by atoms with Crippen molar-refractivity contribution in [3.8, 4) is 34.1 Å². The molecule has 0 atom stereocenters. The molecule has 6 rings (SSSR count). The number of aryl methyl sites for hydroxylation is 1. The van der Waals surface area contributed by atoms with Crippen LogP contribution in [0.3, 0.4) is 0 Å². The number of nitrogens with two attached hydrogens (primary N) is 1. The average Bonchev–Trinajstić information content (AvgIpc) is 3.68. The largest absolute Gasteiger partial charge is 0.494 e. The van der Waals surface area contributed by atoms with Crippen molar-refractivity contribution in [1.29, 1.82) is 0 Å². The molecular formula is C27H25N9O3. The lowest BCUT2D eigenvalue weighted by Crippen LogP contribution is -2.18. The second-order valence-corrected chi connectivity index (χ2v) is 9.34. The summed E-state index contributed by atoms with van der Waals surface area (Å²) >= 11 is 0. The first-order valence-corrected chi connectivity index (χ1v) is 12.2. The second kappa shape index (κ2) is 9.24. The van der Waals surface area contributed by atoms with Crippen LogP contribution in [0.5, 0.6) is 5.75 Å². The van der Waals surface area contributed by atoms with Crippen LogP contribution in [-0.4, -0.2) is 47.4 Å². The molecule has 0 saturated heterocycles. The summed E-state index contributed by atoms with van der Waals surface area (Å²) in [6.45, 7) is 5.61. The average molecular weight is 524 g/mol. The third-order valence-corrected chi connectivity index (χ3v) is 6.39. The fourth-order valence-corrected chi connectivity index (χ4v) is 4.38. The topological polar surface area (TPSA) is 151 Å². The predicted octanol–water partition coefficient (Wildman–Crippen LogP) is 4.28. The number of fused-ring (bicyclic) bond motifs is 2. The van der Waals surface area contributed by atoms with E-state index in [1.807, 2.05) is 43.5 Å². The van der Waals surface area contributed by atoms with Crippen molar-refractivity contribution in [3.05, 3.63) is 60.7 Å². The van der Waals surface area contributed by atoms with Crippen LogP contribution in [0.25, 0.3) is 45.1 Å². The number of aromatic nitrogens is 7. The molecule has 0 fully saturated rings. The zero-order chi connectivity index (χ0) is 27.3. The summed E-state index contributed by atoms with van der Waals surface area (Å²) in [6, 6.07) is 10.9. The molecule has 1 amide bonds. The summed E-state index contributed by atoms with van der Waals surface area (Å²) in [6.07, 6.45) is 5.33. The number of nitrogen functional groups attached to an aromatic ring is 1. The maximum atomic E-state index is 12.5. The Kier molecular flexibility index (Phi) is 5.71. The van der Waals surface area contributed by atoms with Crippen LogP contribution >= 0.6 is 0 Å². The van der Waals surface area contributed by atoms with Crippen molar-refractivity contribution in [2.24, 2.45) is 5.92 Å². The molecule has 0 unspecified atom stereocenters. The molecule has 0 spiro atoms. The first-order valence-electron chi connectivity index (χ1n) is 12.2. The summed E-state index contributed by atoms with van der Waals surface area (Å²) in [5, 5.41) is 11.7. The number of rotatable bonds is 6. The molecule has 0 aliphatic carbocycles. The third kappa shape index (κ3) is 4.11. The normalized spacial score (nSPS) is 11.5. The van der Waals surface area contributed by atoms with Crippen LogP contribution in [0.1, 0.15) is 19.5 Å². The lowest BCUT2D eigenvalue weighted by atomic mass is 10.0. The van der Waals surface area contributed by atoms with Gasteiger partial charge in [-0.25, -0.2) is 9.97 Å².